The highest BCUT2D eigenvalue weighted by Crippen LogP contribution is 2.36. The van der Waals surface area contributed by atoms with E-state index in [9.17, 15) is 4.79 Å². The lowest BCUT2D eigenvalue weighted by molar-refractivity contribution is -0.120. The first-order chi connectivity index (χ1) is 12.0. The van der Waals surface area contributed by atoms with Crippen LogP contribution in [-0.4, -0.2) is 24.2 Å². The number of hydrazone groups is 1. The molecule has 3 rings (SSSR count). The Bertz CT molecular complexity index is 814. The van der Waals surface area contributed by atoms with E-state index < -0.39 is 0 Å². The number of ether oxygens (including phenoxy) is 2. The average molecular weight is 442 g/mol. The number of halogens is 2. The van der Waals surface area contributed by atoms with Crippen molar-refractivity contribution in [3.63, 3.8) is 0 Å². The minimum atomic E-state index is -0.293. The summed E-state index contributed by atoms with van der Waals surface area (Å²) >= 11 is 10.7. The summed E-state index contributed by atoms with van der Waals surface area (Å²) in [5.74, 6) is 1.15. The van der Waals surface area contributed by atoms with Gasteiger partial charge in [0, 0.05) is 20.0 Å². The highest BCUT2D eigenvalue weighted by molar-refractivity contribution is 9.10. The van der Waals surface area contributed by atoms with Gasteiger partial charge in [0.1, 0.15) is 0 Å². The van der Waals surface area contributed by atoms with Crippen molar-refractivity contribution in [2.75, 3.05) is 6.79 Å². The van der Waals surface area contributed by atoms with Crippen molar-refractivity contribution in [2.45, 2.75) is 17.1 Å². The number of hydrogen-bond acceptors (Lipinski definition) is 5. The molecular formula is C17H14BrClN2O3S. The number of carbonyl (C=O) groups excluding carboxylic acids is 1. The van der Waals surface area contributed by atoms with E-state index in [1.54, 1.807) is 24.4 Å². The van der Waals surface area contributed by atoms with Gasteiger partial charge in [-0.1, -0.05) is 11.6 Å². The number of carbonyl (C=O) groups is 1. The lowest BCUT2D eigenvalue weighted by atomic mass is 10.2. The van der Waals surface area contributed by atoms with Gasteiger partial charge >= 0.3 is 0 Å². The van der Waals surface area contributed by atoms with E-state index in [-0.39, 0.29) is 18.0 Å². The Labute approximate surface area is 162 Å². The maximum absolute atomic E-state index is 12.1. The topological polar surface area (TPSA) is 59.9 Å². The summed E-state index contributed by atoms with van der Waals surface area (Å²) in [4.78, 5) is 13.1. The smallest absolute Gasteiger partial charge is 0.253 e. The molecule has 0 aromatic heterocycles. The highest BCUT2D eigenvalue weighted by Gasteiger charge is 2.16. The number of rotatable bonds is 5. The Morgan fingerprint density at radius 2 is 2.00 bits per heavy atom. The van der Waals surface area contributed by atoms with Crippen LogP contribution in [0.4, 0.5) is 0 Å². The SMILES string of the molecule is C[C@@H](Sc1ccc(Cl)cc1)C(=O)N/N=C\c1cc2c(cc1Br)OCO2. The predicted molar refractivity (Wildman–Crippen MR) is 103 cm³/mol. The van der Waals surface area contributed by atoms with E-state index in [1.807, 2.05) is 25.1 Å². The number of amides is 1. The average Bonchev–Trinajstić information content (AvgIpc) is 3.04. The van der Waals surface area contributed by atoms with Crippen LogP contribution in [0.15, 0.2) is 50.9 Å². The molecule has 0 fully saturated rings. The minimum absolute atomic E-state index is 0.187. The van der Waals surface area contributed by atoms with Crippen molar-refractivity contribution in [1.82, 2.24) is 5.43 Å². The maximum atomic E-state index is 12.1. The van der Waals surface area contributed by atoms with Crippen molar-refractivity contribution in [3.8, 4) is 11.5 Å². The summed E-state index contributed by atoms with van der Waals surface area (Å²) in [6.45, 7) is 2.03. The number of nitrogens with zero attached hydrogens (tertiary/aromatic N) is 1. The van der Waals surface area contributed by atoms with Gasteiger partial charge in [0.15, 0.2) is 11.5 Å². The molecule has 1 atom stereocenters. The van der Waals surface area contributed by atoms with Gasteiger partial charge in [-0.2, -0.15) is 5.10 Å². The molecule has 130 valence electrons. The van der Waals surface area contributed by atoms with Crippen molar-refractivity contribution in [2.24, 2.45) is 5.10 Å². The van der Waals surface area contributed by atoms with Gasteiger partial charge in [-0.15, -0.1) is 11.8 Å². The fourth-order valence-electron chi connectivity index (χ4n) is 2.06. The van der Waals surface area contributed by atoms with Gasteiger partial charge in [-0.3, -0.25) is 4.79 Å². The fourth-order valence-corrected chi connectivity index (χ4v) is 3.47. The second-order valence-corrected chi connectivity index (χ2v) is 7.88. The van der Waals surface area contributed by atoms with Gasteiger partial charge in [-0.25, -0.2) is 5.43 Å². The molecule has 0 saturated carbocycles. The molecule has 1 amide bonds. The molecule has 1 heterocycles. The zero-order valence-corrected chi connectivity index (χ0v) is 16.3. The van der Waals surface area contributed by atoms with Crippen molar-refractivity contribution in [1.29, 1.82) is 0 Å². The molecule has 1 aliphatic rings. The third-order valence-electron chi connectivity index (χ3n) is 3.37. The lowest BCUT2D eigenvalue weighted by Crippen LogP contribution is -2.26. The number of benzene rings is 2. The molecule has 2 aromatic rings. The van der Waals surface area contributed by atoms with Crippen LogP contribution in [0.25, 0.3) is 0 Å². The lowest BCUT2D eigenvalue weighted by Gasteiger charge is -2.09. The summed E-state index contributed by atoms with van der Waals surface area (Å²) < 4.78 is 11.4. The largest absolute Gasteiger partial charge is 0.454 e. The van der Waals surface area contributed by atoms with Crippen molar-refractivity contribution in [3.05, 3.63) is 51.5 Å². The van der Waals surface area contributed by atoms with E-state index >= 15 is 0 Å². The van der Waals surface area contributed by atoms with Gasteiger partial charge in [0.25, 0.3) is 5.91 Å². The molecule has 1 N–H and O–H groups in total. The predicted octanol–water partition coefficient (Wildman–Crippen LogP) is 4.46. The van der Waals surface area contributed by atoms with Crippen molar-refractivity contribution >= 4 is 51.4 Å². The summed E-state index contributed by atoms with van der Waals surface area (Å²) in [7, 11) is 0. The van der Waals surface area contributed by atoms with E-state index in [0.717, 1.165) is 14.9 Å². The number of thioether (sulfide) groups is 1. The van der Waals surface area contributed by atoms with E-state index in [4.69, 9.17) is 21.1 Å². The van der Waals surface area contributed by atoms with E-state index in [0.29, 0.717) is 16.5 Å². The standard InChI is InChI=1S/C17H14BrClN2O3S/c1-10(25-13-4-2-12(19)3-5-13)17(22)21-20-8-11-6-15-16(7-14(11)18)24-9-23-15/h2-8,10H,9H2,1H3,(H,21,22)/b20-8-/t10-/m1/s1. The van der Waals surface area contributed by atoms with Crippen LogP contribution < -0.4 is 14.9 Å². The monoisotopic (exact) mass is 440 g/mol. The van der Waals surface area contributed by atoms with Crippen LogP contribution in [0, 0.1) is 0 Å². The first-order valence-electron chi connectivity index (χ1n) is 7.37. The van der Waals surface area contributed by atoms with Crippen LogP contribution in [0.2, 0.25) is 5.02 Å². The molecular weight excluding hydrogens is 428 g/mol. The molecule has 0 aliphatic carbocycles. The summed E-state index contributed by atoms with van der Waals surface area (Å²) in [5.41, 5.74) is 3.33. The van der Waals surface area contributed by atoms with Crippen molar-refractivity contribution < 1.29 is 14.3 Å². The molecule has 25 heavy (non-hydrogen) atoms. The van der Waals surface area contributed by atoms with Gasteiger partial charge in [0.05, 0.1) is 11.5 Å². The molecule has 0 unspecified atom stereocenters. The minimum Gasteiger partial charge on any atom is -0.454 e. The van der Waals surface area contributed by atoms with Gasteiger partial charge in [-0.05, 0) is 59.3 Å². The molecule has 0 radical (unpaired) electrons. The molecule has 8 heteroatoms. The highest BCUT2D eigenvalue weighted by atomic mass is 79.9. The molecule has 0 saturated heterocycles. The molecule has 5 nitrogen and oxygen atoms in total. The Balaban J connectivity index is 1.58. The van der Waals surface area contributed by atoms with Crippen LogP contribution >= 0.6 is 39.3 Å². The van der Waals surface area contributed by atoms with Crippen LogP contribution in [0.5, 0.6) is 11.5 Å². The molecule has 1 aliphatic heterocycles. The Hall–Kier alpha value is -1.70. The van der Waals surface area contributed by atoms with Crippen LogP contribution in [-0.2, 0) is 4.79 Å². The maximum Gasteiger partial charge on any atom is 0.253 e. The van der Waals surface area contributed by atoms with Crippen LogP contribution in [0.1, 0.15) is 12.5 Å². The molecule has 0 bridgehead atoms. The summed E-state index contributed by atoms with van der Waals surface area (Å²) in [6.07, 6.45) is 1.56. The second-order valence-electron chi connectivity index (χ2n) is 5.18. The number of nitrogens with one attached hydrogen (secondary N) is 1. The first-order valence-corrected chi connectivity index (χ1v) is 9.42. The Morgan fingerprint density at radius 3 is 2.72 bits per heavy atom. The van der Waals surface area contributed by atoms with E-state index in [1.165, 1.54) is 11.8 Å². The first kappa shape index (κ1) is 18.1. The zero-order chi connectivity index (χ0) is 17.8. The fraction of sp³-hybridized carbons (Fsp3) is 0.176. The molecule has 0 spiro atoms. The third kappa shape index (κ3) is 4.68. The molecule has 2 aromatic carbocycles. The number of fused-ring (bicyclic) bond motifs is 1. The van der Waals surface area contributed by atoms with Gasteiger partial charge in [0.2, 0.25) is 6.79 Å². The Kier molecular flexibility index (Phi) is 5.88. The van der Waals surface area contributed by atoms with Gasteiger partial charge < -0.3 is 9.47 Å². The Morgan fingerprint density at radius 1 is 1.32 bits per heavy atom. The number of hydrogen-bond donors (Lipinski definition) is 1. The zero-order valence-electron chi connectivity index (χ0n) is 13.2. The second kappa shape index (κ2) is 8.12. The van der Waals surface area contributed by atoms with Crippen LogP contribution in [0.3, 0.4) is 0 Å². The quantitative estimate of drug-likeness (QED) is 0.423. The third-order valence-corrected chi connectivity index (χ3v) is 5.42. The van der Waals surface area contributed by atoms with E-state index in [2.05, 4.69) is 26.5 Å². The summed E-state index contributed by atoms with van der Waals surface area (Å²) in [6, 6.07) is 11.0. The normalized spacial score (nSPS) is 13.9. The summed E-state index contributed by atoms with van der Waals surface area (Å²) in [5, 5.41) is 4.39.